The Labute approximate surface area is 143 Å². The maximum atomic E-state index is 12.5. The van der Waals surface area contributed by atoms with Crippen LogP contribution in [0.3, 0.4) is 0 Å². The van der Waals surface area contributed by atoms with E-state index in [2.05, 4.69) is 4.74 Å². The average Bonchev–Trinajstić information content (AvgIpc) is 2.59. The minimum atomic E-state index is -0.367. The zero-order valence-corrected chi connectivity index (χ0v) is 14.7. The first-order valence-electron chi connectivity index (χ1n) is 8.57. The Hall–Kier alpha value is -1.88. The van der Waals surface area contributed by atoms with Crippen LogP contribution in [0.2, 0.25) is 0 Å². The molecule has 1 aromatic carbocycles. The highest BCUT2D eigenvalue weighted by Crippen LogP contribution is 2.27. The van der Waals surface area contributed by atoms with Gasteiger partial charge < -0.3 is 14.2 Å². The molecule has 1 atom stereocenters. The van der Waals surface area contributed by atoms with Gasteiger partial charge in [0, 0.05) is 18.4 Å². The molecule has 0 aliphatic carbocycles. The fourth-order valence-corrected chi connectivity index (χ4v) is 2.97. The number of rotatable bonds is 7. The summed E-state index contributed by atoms with van der Waals surface area (Å²) >= 11 is 0. The van der Waals surface area contributed by atoms with Crippen LogP contribution in [0.1, 0.15) is 60.5 Å². The second kappa shape index (κ2) is 8.83. The number of aryl methyl sites for hydroxylation is 2. The van der Waals surface area contributed by atoms with Gasteiger partial charge in [0.15, 0.2) is 12.1 Å². The van der Waals surface area contributed by atoms with Crippen molar-refractivity contribution in [2.75, 3.05) is 13.7 Å². The Morgan fingerprint density at radius 1 is 1.25 bits per heavy atom. The largest absolute Gasteiger partial charge is 0.469 e. The van der Waals surface area contributed by atoms with Crippen LogP contribution in [0.15, 0.2) is 12.1 Å². The zero-order valence-electron chi connectivity index (χ0n) is 14.7. The van der Waals surface area contributed by atoms with E-state index in [1.165, 1.54) is 7.11 Å². The van der Waals surface area contributed by atoms with Crippen LogP contribution in [0.5, 0.6) is 5.75 Å². The van der Waals surface area contributed by atoms with Crippen molar-refractivity contribution in [2.45, 2.75) is 58.7 Å². The molecule has 1 aliphatic rings. The summed E-state index contributed by atoms with van der Waals surface area (Å²) in [6.45, 7) is 4.64. The number of ketones is 1. The highest BCUT2D eigenvalue weighted by atomic mass is 16.7. The number of carbonyl (C=O) groups is 2. The van der Waals surface area contributed by atoms with Gasteiger partial charge in [0.2, 0.25) is 0 Å². The molecule has 0 amide bonds. The molecule has 1 fully saturated rings. The summed E-state index contributed by atoms with van der Waals surface area (Å²) in [5.41, 5.74) is 2.50. The highest BCUT2D eigenvalue weighted by molar-refractivity contribution is 6.00. The van der Waals surface area contributed by atoms with Gasteiger partial charge in [-0.05, 0) is 49.4 Å². The van der Waals surface area contributed by atoms with Gasteiger partial charge in [-0.15, -0.1) is 0 Å². The molecule has 0 radical (unpaired) electrons. The van der Waals surface area contributed by atoms with Crippen molar-refractivity contribution in [2.24, 2.45) is 0 Å². The van der Waals surface area contributed by atoms with Crippen LogP contribution in [0, 0.1) is 6.92 Å². The molecule has 2 rings (SSSR count). The molecule has 24 heavy (non-hydrogen) atoms. The lowest BCUT2D eigenvalue weighted by Crippen LogP contribution is -2.25. The summed E-state index contributed by atoms with van der Waals surface area (Å²) in [5, 5.41) is 0. The van der Waals surface area contributed by atoms with Gasteiger partial charge >= 0.3 is 5.97 Å². The lowest BCUT2D eigenvalue weighted by Gasteiger charge is -2.24. The standard InChI is InChI=1S/C19H26O5/c1-4-14-12-15(24-18-7-5-6-10-23-18)11-13(2)19(14)16(20)8-9-17(21)22-3/h11-12,18H,4-10H2,1-3H3. The Morgan fingerprint density at radius 3 is 2.67 bits per heavy atom. The normalized spacial score (nSPS) is 17.4. The van der Waals surface area contributed by atoms with E-state index >= 15 is 0 Å². The summed E-state index contributed by atoms with van der Waals surface area (Å²) in [4.78, 5) is 23.7. The summed E-state index contributed by atoms with van der Waals surface area (Å²) in [6.07, 6.45) is 3.85. The fourth-order valence-electron chi connectivity index (χ4n) is 2.97. The van der Waals surface area contributed by atoms with E-state index in [4.69, 9.17) is 9.47 Å². The number of Topliss-reactive ketones (excluding diaryl/α,β-unsaturated/α-hetero) is 1. The molecule has 1 heterocycles. The zero-order chi connectivity index (χ0) is 17.5. The number of benzene rings is 1. The molecule has 0 aromatic heterocycles. The maximum absolute atomic E-state index is 12.5. The van der Waals surface area contributed by atoms with Crippen molar-refractivity contribution in [3.8, 4) is 5.75 Å². The Bertz CT molecular complexity index is 588. The Balaban J connectivity index is 2.13. The topological polar surface area (TPSA) is 61.8 Å². The van der Waals surface area contributed by atoms with Gasteiger partial charge in [-0.25, -0.2) is 0 Å². The van der Waals surface area contributed by atoms with E-state index in [0.29, 0.717) is 5.56 Å². The number of ether oxygens (including phenoxy) is 3. The van der Waals surface area contributed by atoms with Crippen LogP contribution in [-0.2, 0) is 20.7 Å². The average molecular weight is 334 g/mol. The lowest BCUT2D eigenvalue weighted by atomic mass is 9.94. The predicted molar refractivity (Wildman–Crippen MR) is 90.4 cm³/mol. The molecule has 1 aliphatic heterocycles. The number of hydrogen-bond acceptors (Lipinski definition) is 5. The van der Waals surface area contributed by atoms with Crippen molar-refractivity contribution in [3.63, 3.8) is 0 Å². The third-order valence-electron chi connectivity index (χ3n) is 4.24. The predicted octanol–water partition coefficient (Wildman–Crippen LogP) is 3.60. The van der Waals surface area contributed by atoms with E-state index in [9.17, 15) is 9.59 Å². The van der Waals surface area contributed by atoms with Gasteiger partial charge in [-0.3, -0.25) is 9.59 Å². The van der Waals surface area contributed by atoms with E-state index in [-0.39, 0.29) is 30.9 Å². The van der Waals surface area contributed by atoms with Crippen LogP contribution in [-0.4, -0.2) is 31.8 Å². The second-order valence-electron chi connectivity index (χ2n) is 6.04. The SMILES string of the molecule is CCc1cc(OC2CCCCO2)cc(C)c1C(=O)CCC(=O)OC. The van der Waals surface area contributed by atoms with Gasteiger partial charge in [-0.2, -0.15) is 0 Å². The molecule has 5 heteroatoms. The Kier molecular flexibility index (Phi) is 6.79. The van der Waals surface area contributed by atoms with Gasteiger partial charge in [0.05, 0.1) is 20.1 Å². The molecular formula is C19H26O5. The Morgan fingerprint density at radius 2 is 2.04 bits per heavy atom. The van der Waals surface area contributed by atoms with E-state index in [0.717, 1.165) is 49.2 Å². The molecule has 5 nitrogen and oxygen atoms in total. The first-order chi connectivity index (χ1) is 11.5. The molecule has 1 aromatic rings. The number of hydrogen-bond donors (Lipinski definition) is 0. The first-order valence-corrected chi connectivity index (χ1v) is 8.57. The van der Waals surface area contributed by atoms with E-state index in [1.54, 1.807) is 0 Å². The maximum Gasteiger partial charge on any atom is 0.305 e. The van der Waals surface area contributed by atoms with Crippen molar-refractivity contribution >= 4 is 11.8 Å². The van der Waals surface area contributed by atoms with Crippen LogP contribution < -0.4 is 4.74 Å². The summed E-state index contributed by atoms with van der Waals surface area (Å²) in [6, 6.07) is 3.79. The minimum Gasteiger partial charge on any atom is -0.469 e. The second-order valence-corrected chi connectivity index (χ2v) is 6.04. The van der Waals surface area contributed by atoms with Crippen molar-refractivity contribution in [3.05, 3.63) is 28.8 Å². The quantitative estimate of drug-likeness (QED) is 0.563. The number of carbonyl (C=O) groups excluding carboxylic acids is 2. The number of esters is 1. The molecule has 0 N–H and O–H groups in total. The lowest BCUT2D eigenvalue weighted by molar-refractivity contribution is -0.140. The number of methoxy groups -OCH3 is 1. The van der Waals surface area contributed by atoms with Crippen molar-refractivity contribution in [1.29, 1.82) is 0 Å². The van der Waals surface area contributed by atoms with E-state index in [1.807, 2.05) is 26.0 Å². The molecule has 132 valence electrons. The third-order valence-corrected chi connectivity index (χ3v) is 4.24. The van der Waals surface area contributed by atoms with E-state index < -0.39 is 0 Å². The van der Waals surface area contributed by atoms with Crippen molar-refractivity contribution < 1.29 is 23.8 Å². The third kappa shape index (κ3) is 4.81. The smallest absolute Gasteiger partial charge is 0.305 e. The molecule has 1 saturated heterocycles. The minimum absolute atomic E-state index is 0.0322. The van der Waals surface area contributed by atoms with Crippen LogP contribution >= 0.6 is 0 Å². The van der Waals surface area contributed by atoms with Gasteiger partial charge in [0.25, 0.3) is 0 Å². The first kappa shape index (κ1) is 18.5. The summed E-state index contributed by atoms with van der Waals surface area (Å²) < 4.78 is 16.1. The van der Waals surface area contributed by atoms with Crippen LogP contribution in [0.25, 0.3) is 0 Å². The molecule has 1 unspecified atom stereocenters. The van der Waals surface area contributed by atoms with Crippen LogP contribution in [0.4, 0.5) is 0 Å². The highest BCUT2D eigenvalue weighted by Gasteiger charge is 2.19. The molecule has 0 saturated carbocycles. The summed E-state index contributed by atoms with van der Waals surface area (Å²) in [5.74, 6) is 0.337. The van der Waals surface area contributed by atoms with Gasteiger partial charge in [0.1, 0.15) is 5.75 Å². The van der Waals surface area contributed by atoms with Crippen molar-refractivity contribution in [1.82, 2.24) is 0 Å². The molecular weight excluding hydrogens is 308 g/mol. The van der Waals surface area contributed by atoms with Gasteiger partial charge in [-0.1, -0.05) is 6.92 Å². The monoisotopic (exact) mass is 334 g/mol. The molecule has 0 spiro atoms. The summed E-state index contributed by atoms with van der Waals surface area (Å²) in [7, 11) is 1.33. The fraction of sp³-hybridized carbons (Fsp3) is 0.579. The molecule has 0 bridgehead atoms.